The summed E-state index contributed by atoms with van der Waals surface area (Å²) in [5.41, 5.74) is -0.510. The molecule has 0 atom stereocenters. The lowest BCUT2D eigenvalue weighted by molar-refractivity contribution is 0.628. The van der Waals surface area contributed by atoms with Crippen molar-refractivity contribution in [3.05, 3.63) is 79.1 Å². The van der Waals surface area contributed by atoms with Crippen LogP contribution in [0.5, 0.6) is 0 Å². The normalized spacial score (nSPS) is 10.6. The molecule has 0 spiro atoms. The van der Waals surface area contributed by atoms with E-state index >= 15 is 0 Å². The lowest BCUT2D eigenvalue weighted by atomic mass is 10.1. The molecule has 9 heteroatoms. The number of aromatic nitrogens is 3. The first-order valence-corrected chi connectivity index (χ1v) is 8.40. The largest absolute Gasteiger partial charge is 0.336 e. The van der Waals surface area contributed by atoms with Crippen molar-refractivity contribution in [2.45, 2.75) is 13.5 Å². The molecule has 0 aliphatic carbocycles. The molecule has 6 nitrogen and oxygen atoms in total. The zero-order valence-electron chi connectivity index (χ0n) is 13.9. The molecule has 0 fully saturated rings. The average Bonchev–Trinajstić information content (AvgIpc) is 2.62. The van der Waals surface area contributed by atoms with E-state index in [4.69, 9.17) is 28.5 Å². The first-order valence-electron chi connectivity index (χ1n) is 7.65. The van der Waals surface area contributed by atoms with Gasteiger partial charge < -0.3 is 0 Å². The summed E-state index contributed by atoms with van der Waals surface area (Å²) in [5, 5.41) is 9.15. The van der Waals surface area contributed by atoms with Crippen molar-refractivity contribution in [1.29, 1.82) is 5.26 Å². The Hall–Kier alpha value is -2.95. The highest BCUT2D eigenvalue weighted by atomic mass is 35.5. The van der Waals surface area contributed by atoms with E-state index in [-0.39, 0.29) is 33.5 Å². The minimum absolute atomic E-state index is 0.117. The lowest BCUT2D eigenvalue weighted by Gasteiger charge is -2.16. The molecule has 0 bridgehead atoms. The highest BCUT2D eigenvalue weighted by Crippen LogP contribution is 2.25. The Bertz CT molecular complexity index is 1210. The number of halogens is 3. The van der Waals surface area contributed by atoms with Crippen molar-refractivity contribution in [2.24, 2.45) is 0 Å². The molecule has 0 saturated carbocycles. The Morgan fingerprint density at radius 1 is 1.22 bits per heavy atom. The predicted molar refractivity (Wildman–Crippen MR) is 99.9 cm³/mol. The summed E-state index contributed by atoms with van der Waals surface area (Å²) in [4.78, 5) is 29.9. The molecule has 0 radical (unpaired) electrons. The molecule has 2 heterocycles. The Kier molecular flexibility index (Phi) is 5.13. The summed E-state index contributed by atoms with van der Waals surface area (Å²) in [6.45, 7) is 1.26. The van der Waals surface area contributed by atoms with E-state index in [0.717, 1.165) is 15.2 Å². The summed E-state index contributed by atoms with van der Waals surface area (Å²) < 4.78 is 15.6. The van der Waals surface area contributed by atoms with Gasteiger partial charge in [0.15, 0.2) is 0 Å². The minimum Gasteiger partial charge on any atom is -0.283 e. The summed E-state index contributed by atoms with van der Waals surface area (Å²) in [6, 6.07) is 7.10. The summed E-state index contributed by atoms with van der Waals surface area (Å²) in [7, 11) is 0. The van der Waals surface area contributed by atoms with Crippen LogP contribution in [0.1, 0.15) is 5.69 Å². The van der Waals surface area contributed by atoms with Crippen molar-refractivity contribution < 1.29 is 4.39 Å². The van der Waals surface area contributed by atoms with E-state index in [1.807, 2.05) is 6.07 Å². The minimum atomic E-state index is -0.708. The summed E-state index contributed by atoms with van der Waals surface area (Å²) in [6.07, 6.45) is 2.67. The highest BCUT2D eigenvalue weighted by Gasteiger charge is 2.20. The standard InChI is InChI=1S/C18H11Cl2FN4O2/c1-10-16(11-2-3-15(21)14(20)6-11)17(26)25(18(27)24(10)5-4-22)13-7-12(19)8-23-9-13/h2-3,6-9H,5H2,1H3. The first kappa shape index (κ1) is 18.8. The van der Waals surface area contributed by atoms with Gasteiger partial charge in [-0.05, 0) is 30.7 Å². The number of hydrogen-bond donors (Lipinski definition) is 0. The molecule has 27 heavy (non-hydrogen) atoms. The number of hydrogen-bond acceptors (Lipinski definition) is 4. The van der Waals surface area contributed by atoms with Gasteiger partial charge in [-0.1, -0.05) is 29.3 Å². The van der Waals surface area contributed by atoms with Crippen LogP contribution in [0.25, 0.3) is 16.8 Å². The fourth-order valence-electron chi connectivity index (χ4n) is 2.74. The molecule has 0 amide bonds. The van der Waals surface area contributed by atoms with Crippen molar-refractivity contribution >= 4 is 23.2 Å². The third-order valence-electron chi connectivity index (χ3n) is 3.99. The third kappa shape index (κ3) is 3.37. The van der Waals surface area contributed by atoms with E-state index in [0.29, 0.717) is 5.56 Å². The first-order chi connectivity index (χ1) is 12.8. The Balaban J connectivity index is 2.44. The zero-order valence-corrected chi connectivity index (χ0v) is 15.4. The Morgan fingerprint density at radius 2 is 1.96 bits per heavy atom. The monoisotopic (exact) mass is 404 g/mol. The van der Waals surface area contributed by atoms with Gasteiger partial charge in [0.2, 0.25) is 0 Å². The van der Waals surface area contributed by atoms with E-state index in [2.05, 4.69) is 4.98 Å². The van der Waals surface area contributed by atoms with Crippen LogP contribution in [0, 0.1) is 24.1 Å². The van der Waals surface area contributed by atoms with Crippen LogP contribution >= 0.6 is 23.2 Å². The molecule has 0 N–H and O–H groups in total. The molecule has 2 aromatic heterocycles. The number of benzene rings is 1. The maximum atomic E-state index is 13.5. The molecular weight excluding hydrogens is 394 g/mol. The zero-order chi connectivity index (χ0) is 19.7. The van der Waals surface area contributed by atoms with Crippen LogP contribution < -0.4 is 11.2 Å². The van der Waals surface area contributed by atoms with E-state index in [9.17, 15) is 14.0 Å². The van der Waals surface area contributed by atoms with Gasteiger partial charge >= 0.3 is 5.69 Å². The van der Waals surface area contributed by atoms with Crippen molar-refractivity contribution in [3.8, 4) is 22.9 Å². The fourth-order valence-corrected chi connectivity index (χ4v) is 3.09. The fraction of sp³-hybridized carbons (Fsp3) is 0.111. The molecule has 0 unspecified atom stereocenters. The maximum absolute atomic E-state index is 13.5. The van der Waals surface area contributed by atoms with Gasteiger partial charge in [0.1, 0.15) is 12.4 Å². The van der Waals surface area contributed by atoms with Crippen LogP contribution in [0.2, 0.25) is 10.0 Å². The summed E-state index contributed by atoms with van der Waals surface area (Å²) >= 11 is 11.8. The third-order valence-corrected chi connectivity index (χ3v) is 4.49. The SMILES string of the molecule is Cc1c(-c2ccc(F)c(Cl)c2)c(=O)n(-c2cncc(Cl)c2)c(=O)n1CC#N. The number of nitriles is 1. The van der Waals surface area contributed by atoms with Gasteiger partial charge in [-0.25, -0.2) is 13.8 Å². The molecule has 1 aromatic carbocycles. The molecule has 0 aliphatic rings. The lowest BCUT2D eigenvalue weighted by Crippen LogP contribution is -2.41. The van der Waals surface area contributed by atoms with Crippen LogP contribution in [-0.2, 0) is 6.54 Å². The topological polar surface area (TPSA) is 80.7 Å². The number of rotatable bonds is 3. The van der Waals surface area contributed by atoms with Crippen molar-refractivity contribution in [1.82, 2.24) is 14.1 Å². The van der Waals surface area contributed by atoms with Gasteiger partial charge in [0.25, 0.3) is 5.56 Å². The quantitative estimate of drug-likeness (QED) is 0.670. The average molecular weight is 405 g/mol. The number of nitrogens with zero attached hydrogens (tertiary/aromatic N) is 4. The van der Waals surface area contributed by atoms with Gasteiger partial charge in [0, 0.05) is 11.9 Å². The van der Waals surface area contributed by atoms with Gasteiger partial charge in [-0.15, -0.1) is 0 Å². The van der Waals surface area contributed by atoms with Gasteiger partial charge in [-0.3, -0.25) is 14.3 Å². The summed E-state index contributed by atoms with van der Waals surface area (Å²) in [5.74, 6) is -0.636. The molecular formula is C18H11Cl2FN4O2. The second-order valence-electron chi connectivity index (χ2n) is 5.62. The Labute approximate surface area is 162 Å². The smallest absolute Gasteiger partial charge is 0.283 e. The maximum Gasteiger partial charge on any atom is 0.336 e. The van der Waals surface area contributed by atoms with E-state index in [1.54, 1.807) is 0 Å². The van der Waals surface area contributed by atoms with Gasteiger partial charge in [-0.2, -0.15) is 5.26 Å². The highest BCUT2D eigenvalue weighted by molar-refractivity contribution is 6.31. The molecule has 0 saturated heterocycles. The molecule has 136 valence electrons. The van der Waals surface area contributed by atoms with Crippen LogP contribution in [0.3, 0.4) is 0 Å². The number of pyridine rings is 1. The van der Waals surface area contributed by atoms with Crippen LogP contribution in [0.15, 0.2) is 46.2 Å². The second-order valence-corrected chi connectivity index (χ2v) is 6.46. The van der Waals surface area contributed by atoms with Crippen LogP contribution in [-0.4, -0.2) is 14.1 Å². The van der Waals surface area contributed by atoms with E-state index < -0.39 is 17.1 Å². The van der Waals surface area contributed by atoms with E-state index in [1.165, 1.54) is 37.5 Å². The molecule has 0 aliphatic heterocycles. The molecule has 3 aromatic rings. The Morgan fingerprint density at radius 3 is 2.59 bits per heavy atom. The molecule has 3 rings (SSSR count). The predicted octanol–water partition coefficient (Wildman–Crippen LogP) is 3.34. The van der Waals surface area contributed by atoms with Gasteiger partial charge in [0.05, 0.1) is 33.6 Å². The van der Waals surface area contributed by atoms with Crippen molar-refractivity contribution in [3.63, 3.8) is 0 Å². The van der Waals surface area contributed by atoms with Crippen molar-refractivity contribution in [2.75, 3.05) is 0 Å². The second kappa shape index (κ2) is 7.35. The van der Waals surface area contributed by atoms with Crippen LogP contribution in [0.4, 0.5) is 4.39 Å².